The number of rotatable bonds is 3. The lowest BCUT2D eigenvalue weighted by Crippen LogP contribution is -2.39. The minimum atomic E-state index is -4.84. The van der Waals surface area contributed by atoms with Gasteiger partial charge in [0.1, 0.15) is 5.75 Å². The van der Waals surface area contributed by atoms with Gasteiger partial charge in [0.15, 0.2) is 0 Å². The largest absolute Gasteiger partial charge is 0.573 e. The molecule has 2 aliphatic heterocycles. The molecule has 170 valence electrons. The SMILES string of the molecule is O=C(c1ccc(OC(F)(F)F)cc1)N1CCC2=C(CCS2)C1c1ccc(C(F)(F)F)cc1. The van der Waals surface area contributed by atoms with Gasteiger partial charge in [-0.2, -0.15) is 13.2 Å². The molecule has 4 rings (SSSR count). The maximum absolute atomic E-state index is 13.2. The zero-order valence-corrected chi connectivity index (χ0v) is 17.3. The van der Waals surface area contributed by atoms with Crippen LogP contribution < -0.4 is 4.74 Å². The molecule has 0 radical (unpaired) electrons. The van der Waals surface area contributed by atoms with Gasteiger partial charge in [-0.05, 0) is 65.3 Å². The highest BCUT2D eigenvalue weighted by Gasteiger charge is 2.37. The molecule has 2 aromatic carbocycles. The average Bonchev–Trinajstić information content (AvgIpc) is 3.20. The fraction of sp³-hybridized carbons (Fsp3) is 0.318. The molecule has 0 spiro atoms. The highest BCUT2D eigenvalue weighted by Crippen LogP contribution is 2.47. The summed E-state index contributed by atoms with van der Waals surface area (Å²) in [6, 6.07) is 8.87. The summed E-state index contributed by atoms with van der Waals surface area (Å²) in [5.74, 6) is -0.00564. The highest BCUT2D eigenvalue weighted by atomic mass is 32.2. The fourth-order valence-corrected chi connectivity index (χ4v) is 5.20. The van der Waals surface area contributed by atoms with E-state index in [-0.39, 0.29) is 5.56 Å². The maximum Gasteiger partial charge on any atom is 0.573 e. The summed E-state index contributed by atoms with van der Waals surface area (Å²) < 4.78 is 79.9. The van der Waals surface area contributed by atoms with E-state index in [2.05, 4.69) is 4.74 Å². The molecular formula is C22H17F6NO2S. The number of hydrogen-bond donors (Lipinski definition) is 0. The monoisotopic (exact) mass is 473 g/mol. The lowest BCUT2D eigenvalue weighted by Gasteiger charge is -2.37. The predicted molar refractivity (Wildman–Crippen MR) is 107 cm³/mol. The molecule has 0 bridgehead atoms. The van der Waals surface area contributed by atoms with Crippen LogP contribution in [-0.2, 0) is 6.18 Å². The summed E-state index contributed by atoms with van der Waals surface area (Å²) in [6.45, 7) is 0.358. The Bertz CT molecular complexity index is 1030. The number of carbonyl (C=O) groups excluding carboxylic acids is 1. The number of nitrogens with zero attached hydrogens (tertiary/aromatic N) is 1. The van der Waals surface area contributed by atoms with Crippen molar-refractivity contribution in [2.24, 2.45) is 0 Å². The van der Waals surface area contributed by atoms with Gasteiger partial charge in [0.05, 0.1) is 11.6 Å². The van der Waals surface area contributed by atoms with Crippen LogP contribution in [0, 0.1) is 0 Å². The second-order valence-electron chi connectivity index (χ2n) is 7.39. The minimum Gasteiger partial charge on any atom is -0.406 e. The molecular weight excluding hydrogens is 456 g/mol. The number of amides is 1. The van der Waals surface area contributed by atoms with Gasteiger partial charge in [-0.3, -0.25) is 4.79 Å². The van der Waals surface area contributed by atoms with Gasteiger partial charge in [0, 0.05) is 17.9 Å². The molecule has 0 fully saturated rings. The van der Waals surface area contributed by atoms with E-state index in [9.17, 15) is 31.1 Å². The van der Waals surface area contributed by atoms with Crippen LogP contribution >= 0.6 is 11.8 Å². The Balaban J connectivity index is 1.64. The summed E-state index contributed by atoms with van der Waals surface area (Å²) >= 11 is 1.69. The normalized spacial score (nSPS) is 19.2. The lowest BCUT2D eigenvalue weighted by molar-refractivity contribution is -0.274. The number of alkyl halides is 6. The second-order valence-corrected chi connectivity index (χ2v) is 8.58. The number of halogens is 6. The first-order valence-corrected chi connectivity index (χ1v) is 10.7. The van der Waals surface area contributed by atoms with Gasteiger partial charge in [-0.25, -0.2) is 0 Å². The smallest absolute Gasteiger partial charge is 0.406 e. The van der Waals surface area contributed by atoms with Crippen molar-refractivity contribution in [1.29, 1.82) is 0 Å². The van der Waals surface area contributed by atoms with Crippen molar-refractivity contribution in [2.75, 3.05) is 12.3 Å². The minimum absolute atomic E-state index is 0.172. The molecule has 3 nitrogen and oxygen atoms in total. The summed E-state index contributed by atoms with van der Waals surface area (Å²) in [5, 5.41) is 0. The average molecular weight is 473 g/mol. The van der Waals surface area contributed by atoms with Crippen LogP contribution in [0.25, 0.3) is 0 Å². The van der Waals surface area contributed by atoms with Crippen molar-refractivity contribution in [2.45, 2.75) is 31.4 Å². The molecule has 0 saturated heterocycles. The third kappa shape index (κ3) is 4.74. The number of ether oxygens (including phenoxy) is 1. The summed E-state index contributed by atoms with van der Waals surface area (Å²) in [4.78, 5) is 16.0. The Morgan fingerprint density at radius 1 is 0.938 bits per heavy atom. The van der Waals surface area contributed by atoms with Gasteiger partial charge >= 0.3 is 12.5 Å². The molecule has 10 heteroatoms. The van der Waals surface area contributed by atoms with Crippen LogP contribution in [0.5, 0.6) is 5.75 Å². The Labute approximate surface area is 184 Å². The highest BCUT2D eigenvalue weighted by molar-refractivity contribution is 8.03. The molecule has 0 saturated carbocycles. The number of carbonyl (C=O) groups is 1. The Morgan fingerprint density at radius 2 is 1.59 bits per heavy atom. The third-order valence-corrected chi connectivity index (χ3v) is 6.60. The van der Waals surface area contributed by atoms with E-state index in [1.165, 1.54) is 24.3 Å². The summed E-state index contributed by atoms with van der Waals surface area (Å²) in [5.41, 5.74) is 0.973. The molecule has 2 aromatic rings. The van der Waals surface area contributed by atoms with Crippen molar-refractivity contribution in [3.05, 3.63) is 75.7 Å². The second kappa shape index (κ2) is 8.38. The first-order chi connectivity index (χ1) is 15.0. The molecule has 1 atom stereocenters. The molecule has 1 unspecified atom stereocenters. The molecule has 32 heavy (non-hydrogen) atoms. The van der Waals surface area contributed by atoms with Gasteiger partial charge in [-0.15, -0.1) is 24.9 Å². The fourth-order valence-electron chi connectivity index (χ4n) is 4.00. The van der Waals surface area contributed by atoms with Crippen LogP contribution in [0.3, 0.4) is 0 Å². The zero-order chi connectivity index (χ0) is 23.1. The van der Waals surface area contributed by atoms with Crippen LogP contribution in [-0.4, -0.2) is 29.5 Å². The Hall–Kier alpha value is -2.62. The number of hydrogen-bond acceptors (Lipinski definition) is 3. The van der Waals surface area contributed by atoms with Crippen LogP contribution in [0.15, 0.2) is 59.0 Å². The van der Waals surface area contributed by atoms with Crippen molar-refractivity contribution in [3.63, 3.8) is 0 Å². The first-order valence-electron chi connectivity index (χ1n) is 9.71. The van der Waals surface area contributed by atoms with Crippen molar-refractivity contribution in [3.8, 4) is 5.75 Å². The van der Waals surface area contributed by atoms with E-state index in [0.29, 0.717) is 24.9 Å². The van der Waals surface area contributed by atoms with E-state index in [4.69, 9.17) is 0 Å². The molecule has 0 aliphatic carbocycles. The Morgan fingerprint density at radius 3 is 2.19 bits per heavy atom. The van der Waals surface area contributed by atoms with E-state index < -0.39 is 35.8 Å². The van der Waals surface area contributed by atoms with Crippen LogP contribution in [0.1, 0.15) is 40.4 Å². The quantitative estimate of drug-likeness (QED) is 0.472. The van der Waals surface area contributed by atoms with Crippen LogP contribution in [0.4, 0.5) is 26.3 Å². The van der Waals surface area contributed by atoms with Gasteiger partial charge in [0.2, 0.25) is 0 Å². The zero-order valence-electron chi connectivity index (χ0n) is 16.5. The standard InChI is InChI=1S/C22H17F6NO2S/c23-21(24,25)15-5-1-13(2-6-15)19-17-10-12-32-18(17)9-11-29(19)20(30)14-3-7-16(8-4-14)31-22(26,27)28/h1-8,19H,9-12H2. The molecule has 2 heterocycles. The van der Waals surface area contributed by atoms with Crippen molar-refractivity contribution in [1.82, 2.24) is 4.90 Å². The van der Waals surface area contributed by atoms with E-state index >= 15 is 0 Å². The van der Waals surface area contributed by atoms with Gasteiger partial charge in [-0.1, -0.05) is 12.1 Å². The van der Waals surface area contributed by atoms with E-state index in [0.717, 1.165) is 40.5 Å². The third-order valence-electron chi connectivity index (χ3n) is 5.38. The molecule has 1 amide bonds. The maximum atomic E-state index is 13.2. The van der Waals surface area contributed by atoms with Gasteiger partial charge < -0.3 is 9.64 Å². The van der Waals surface area contributed by atoms with Gasteiger partial charge in [0.25, 0.3) is 5.91 Å². The lowest BCUT2D eigenvalue weighted by atomic mass is 9.90. The van der Waals surface area contributed by atoms with Crippen molar-refractivity contribution < 1.29 is 35.9 Å². The van der Waals surface area contributed by atoms with E-state index in [1.54, 1.807) is 16.7 Å². The molecule has 2 aliphatic rings. The van der Waals surface area contributed by atoms with Crippen LogP contribution in [0.2, 0.25) is 0 Å². The Kier molecular flexibility index (Phi) is 5.91. The van der Waals surface area contributed by atoms with E-state index in [1.807, 2.05) is 0 Å². The molecule has 0 N–H and O–H groups in total. The number of thioether (sulfide) groups is 1. The van der Waals surface area contributed by atoms with Crippen molar-refractivity contribution >= 4 is 17.7 Å². The topological polar surface area (TPSA) is 29.5 Å². The predicted octanol–water partition coefficient (Wildman–Crippen LogP) is 6.58. The number of benzene rings is 2. The first kappa shape index (κ1) is 22.6. The summed E-state index contributed by atoms with van der Waals surface area (Å²) in [6.07, 6.45) is -7.95. The molecule has 0 aromatic heterocycles. The summed E-state index contributed by atoms with van der Waals surface area (Å²) in [7, 11) is 0.